The number of hydrogen-bond donors (Lipinski definition) is 1. The van der Waals surface area contributed by atoms with Crippen LogP contribution >= 0.6 is 11.3 Å². The van der Waals surface area contributed by atoms with Gasteiger partial charge in [0.25, 0.3) is 0 Å². The van der Waals surface area contributed by atoms with Crippen molar-refractivity contribution >= 4 is 17.3 Å². The molecule has 0 unspecified atom stereocenters. The van der Waals surface area contributed by atoms with Gasteiger partial charge < -0.3 is 14.6 Å². The monoisotopic (exact) mass is 396 g/mol. The summed E-state index contributed by atoms with van der Waals surface area (Å²) in [6.07, 6.45) is -2.21. The quantitative estimate of drug-likeness (QED) is 0.844. The molecule has 1 saturated heterocycles. The molecule has 1 N–H and O–H groups in total. The predicted molar refractivity (Wildman–Crippen MR) is 89.1 cm³/mol. The van der Waals surface area contributed by atoms with E-state index >= 15 is 0 Å². The molecule has 26 heavy (non-hydrogen) atoms. The first-order chi connectivity index (χ1) is 12.2. The number of carboxylic acids is 1. The van der Waals surface area contributed by atoms with Gasteiger partial charge in [0, 0.05) is 30.6 Å². The maximum absolute atomic E-state index is 10.6. The molecule has 0 amide bonds. The first-order valence-electron chi connectivity index (χ1n) is 8.40. The summed E-state index contributed by atoms with van der Waals surface area (Å²) in [5.74, 6) is -2.76. The number of rotatable bonds is 4. The summed E-state index contributed by atoms with van der Waals surface area (Å²) >= 11 is 1.76. The minimum atomic E-state index is -5.08. The topological polar surface area (TPSA) is 71.9 Å². The van der Waals surface area contributed by atoms with Crippen LogP contribution in [0.2, 0.25) is 0 Å². The van der Waals surface area contributed by atoms with Crippen molar-refractivity contribution in [2.75, 3.05) is 19.8 Å². The maximum Gasteiger partial charge on any atom is 0.490 e. The summed E-state index contributed by atoms with van der Waals surface area (Å²) in [7, 11) is 0. The zero-order valence-electron chi connectivity index (χ0n) is 14.7. The Morgan fingerprint density at radius 3 is 2.73 bits per heavy atom. The van der Waals surface area contributed by atoms with Gasteiger partial charge in [-0.1, -0.05) is 0 Å². The highest BCUT2D eigenvalue weighted by atomic mass is 32.1. The van der Waals surface area contributed by atoms with E-state index in [0.717, 1.165) is 32.7 Å². The van der Waals surface area contributed by atoms with E-state index < -0.39 is 12.1 Å². The Labute approximate surface area is 153 Å². The molecule has 0 radical (unpaired) electrons. The molecule has 0 aromatic carbocycles. The van der Waals surface area contributed by atoms with Crippen LogP contribution in [0.1, 0.15) is 30.3 Å². The summed E-state index contributed by atoms with van der Waals surface area (Å²) in [5, 5.41) is 7.12. The van der Waals surface area contributed by atoms with Crippen molar-refractivity contribution in [1.82, 2.24) is 9.88 Å². The van der Waals surface area contributed by atoms with Crippen molar-refractivity contribution < 1.29 is 32.5 Å². The largest absolute Gasteiger partial charge is 0.490 e. The average molecular weight is 396 g/mol. The Kier molecular flexibility index (Phi) is 7.39. The fourth-order valence-corrected chi connectivity index (χ4v) is 4.04. The molecule has 148 valence electrons. The molecule has 1 aromatic rings. The first-order valence-corrected chi connectivity index (χ1v) is 9.28. The van der Waals surface area contributed by atoms with E-state index in [0.29, 0.717) is 12.1 Å². The molecule has 10 heteroatoms. The average Bonchev–Trinajstić information content (AvgIpc) is 3.15. The number of aromatic nitrogens is 1. The molecule has 1 aliphatic heterocycles. The van der Waals surface area contributed by atoms with Gasteiger partial charge in [-0.3, -0.25) is 4.90 Å². The van der Waals surface area contributed by atoms with Crippen LogP contribution in [0.5, 0.6) is 0 Å². The number of alkyl halides is 3. The highest BCUT2D eigenvalue weighted by Gasteiger charge is 2.43. The second-order valence-corrected chi connectivity index (χ2v) is 7.05. The van der Waals surface area contributed by atoms with Crippen LogP contribution in [0, 0.1) is 6.92 Å². The SMILES string of the molecule is CCO[C@@H]1CC[C@H]2[C@H]1OCCN2Cc1scnc1C.O=C(O)C(F)(F)F. The van der Waals surface area contributed by atoms with Crippen LogP contribution in [0.3, 0.4) is 0 Å². The van der Waals surface area contributed by atoms with Crippen LogP contribution in [-0.2, 0) is 20.8 Å². The molecule has 2 fully saturated rings. The number of nitrogens with zero attached hydrogens (tertiary/aromatic N) is 2. The van der Waals surface area contributed by atoms with Gasteiger partial charge in [0.05, 0.1) is 30.0 Å². The molecule has 1 saturated carbocycles. The molecular formula is C16H23F3N2O4S. The number of thiazole rings is 1. The molecular weight excluding hydrogens is 373 g/mol. The summed E-state index contributed by atoms with van der Waals surface area (Å²) in [5.41, 5.74) is 3.12. The number of aliphatic carboxylic acids is 1. The molecule has 2 aliphatic rings. The summed E-state index contributed by atoms with van der Waals surface area (Å²) in [4.78, 5) is 17.2. The van der Waals surface area contributed by atoms with Crippen molar-refractivity contribution in [2.45, 2.75) is 57.7 Å². The van der Waals surface area contributed by atoms with Crippen LogP contribution in [-0.4, -0.2) is 65.1 Å². The zero-order chi connectivity index (χ0) is 19.3. The Hall–Kier alpha value is -1.23. The fraction of sp³-hybridized carbons (Fsp3) is 0.750. The molecule has 3 atom stereocenters. The van der Waals surface area contributed by atoms with Gasteiger partial charge in [0.15, 0.2) is 0 Å². The Bertz CT molecular complexity index is 596. The Morgan fingerprint density at radius 1 is 1.50 bits per heavy atom. The third-order valence-corrected chi connectivity index (χ3v) is 5.39. The number of morpholine rings is 1. The number of carbonyl (C=O) groups is 1. The number of fused-ring (bicyclic) bond motifs is 1. The lowest BCUT2D eigenvalue weighted by atomic mass is 10.1. The second kappa shape index (κ2) is 9.12. The van der Waals surface area contributed by atoms with Gasteiger partial charge in [0.2, 0.25) is 0 Å². The molecule has 0 bridgehead atoms. The van der Waals surface area contributed by atoms with Crippen molar-refractivity contribution in [3.05, 3.63) is 16.1 Å². The first kappa shape index (κ1) is 21.1. The molecule has 2 heterocycles. The summed E-state index contributed by atoms with van der Waals surface area (Å²) in [6, 6.07) is 0.520. The van der Waals surface area contributed by atoms with Crippen molar-refractivity contribution in [3.63, 3.8) is 0 Å². The van der Waals surface area contributed by atoms with Gasteiger partial charge in [-0.2, -0.15) is 13.2 Å². The number of halogens is 3. The van der Waals surface area contributed by atoms with Crippen molar-refractivity contribution in [2.24, 2.45) is 0 Å². The van der Waals surface area contributed by atoms with Crippen LogP contribution in [0.4, 0.5) is 13.2 Å². The normalized spacial score (nSPS) is 26.1. The second-order valence-electron chi connectivity index (χ2n) is 6.11. The maximum atomic E-state index is 10.6. The van der Waals surface area contributed by atoms with Crippen molar-refractivity contribution in [1.29, 1.82) is 0 Å². The van der Waals surface area contributed by atoms with Gasteiger partial charge in [-0.15, -0.1) is 11.3 Å². The van der Waals surface area contributed by atoms with Crippen LogP contribution < -0.4 is 0 Å². The van der Waals surface area contributed by atoms with E-state index in [-0.39, 0.29) is 6.10 Å². The molecule has 1 aliphatic carbocycles. The zero-order valence-corrected chi connectivity index (χ0v) is 15.5. The van der Waals surface area contributed by atoms with Gasteiger partial charge in [0.1, 0.15) is 0 Å². The van der Waals surface area contributed by atoms with E-state index in [1.165, 1.54) is 17.0 Å². The van der Waals surface area contributed by atoms with Gasteiger partial charge >= 0.3 is 12.1 Å². The van der Waals surface area contributed by atoms with Crippen LogP contribution in [0.15, 0.2) is 5.51 Å². The van der Waals surface area contributed by atoms with Gasteiger partial charge in [-0.25, -0.2) is 9.78 Å². The van der Waals surface area contributed by atoms with E-state index in [1.807, 2.05) is 5.51 Å². The summed E-state index contributed by atoms with van der Waals surface area (Å²) in [6.45, 7) is 7.81. The fourth-order valence-electron chi connectivity index (χ4n) is 3.24. The lowest BCUT2D eigenvalue weighted by Crippen LogP contribution is -2.51. The minimum Gasteiger partial charge on any atom is -0.475 e. The molecule has 1 aromatic heterocycles. The highest BCUT2D eigenvalue weighted by Crippen LogP contribution is 2.33. The smallest absolute Gasteiger partial charge is 0.475 e. The third-order valence-electron chi connectivity index (χ3n) is 4.47. The highest BCUT2D eigenvalue weighted by molar-refractivity contribution is 7.09. The Morgan fingerprint density at radius 2 is 2.19 bits per heavy atom. The van der Waals surface area contributed by atoms with Crippen LogP contribution in [0.25, 0.3) is 0 Å². The Balaban J connectivity index is 0.000000298. The third kappa shape index (κ3) is 5.38. The number of carboxylic acid groups (broad SMARTS) is 1. The predicted octanol–water partition coefficient (Wildman–Crippen LogP) is 2.85. The number of hydrogen-bond acceptors (Lipinski definition) is 6. The summed E-state index contributed by atoms with van der Waals surface area (Å²) < 4.78 is 43.5. The lowest BCUT2D eigenvalue weighted by Gasteiger charge is -2.38. The van der Waals surface area contributed by atoms with E-state index in [4.69, 9.17) is 19.4 Å². The van der Waals surface area contributed by atoms with Gasteiger partial charge in [-0.05, 0) is 26.7 Å². The van der Waals surface area contributed by atoms with E-state index in [1.54, 1.807) is 11.3 Å². The number of aryl methyl sites for hydroxylation is 1. The molecule has 6 nitrogen and oxygen atoms in total. The molecule has 0 spiro atoms. The van der Waals surface area contributed by atoms with Crippen molar-refractivity contribution in [3.8, 4) is 0 Å². The van der Waals surface area contributed by atoms with E-state index in [9.17, 15) is 13.2 Å². The van der Waals surface area contributed by atoms with E-state index in [2.05, 4.69) is 23.7 Å². The number of ether oxygens (including phenoxy) is 2. The minimum absolute atomic E-state index is 0.266. The lowest BCUT2D eigenvalue weighted by molar-refractivity contribution is -0.192. The molecule has 3 rings (SSSR count). The standard InChI is InChI=1S/C14H22N2O2S.C2HF3O2/c1-3-17-12-5-4-11-14(12)18-7-6-16(11)8-13-10(2)15-9-19-13;3-2(4,5)1(6)7/h9,11-12,14H,3-8H2,1-2H3;(H,6,7)/t11-,12+,14+;/m0./s1.